The molecule has 1 aliphatic heterocycles. The zero-order chi connectivity index (χ0) is 13.2. The Balaban J connectivity index is 0.000000720. The minimum absolute atomic E-state index is 0. The number of hydrogen-bond acceptors (Lipinski definition) is 0. The van der Waals surface area contributed by atoms with Crippen LogP contribution in [0.4, 0.5) is 0 Å². The molecule has 5 rings (SSSR count). The van der Waals surface area contributed by atoms with Gasteiger partial charge in [-0.1, -0.05) is 0 Å². The minimum Gasteiger partial charge on any atom is -1.00 e. The van der Waals surface area contributed by atoms with Crippen LogP contribution in [0.2, 0.25) is 0 Å². The second kappa shape index (κ2) is 5.79. The first-order valence-electron chi connectivity index (χ1n) is 7.22. The molecule has 0 amide bonds. The molecule has 2 atom stereocenters. The van der Waals surface area contributed by atoms with Crippen LogP contribution in [-0.2, 0) is 26.4 Å². The molecule has 2 unspecified atom stereocenters. The van der Waals surface area contributed by atoms with Crippen molar-refractivity contribution in [2.45, 2.75) is 13.2 Å². The van der Waals surface area contributed by atoms with E-state index in [0.29, 0.717) is 3.12 Å². The molecule has 3 heteroatoms. The van der Waals surface area contributed by atoms with Crippen LogP contribution in [0.1, 0.15) is 32.3 Å². The van der Waals surface area contributed by atoms with Gasteiger partial charge in [0.05, 0.1) is 0 Å². The van der Waals surface area contributed by atoms with Gasteiger partial charge in [-0.05, 0) is 0 Å². The van der Waals surface area contributed by atoms with E-state index in [9.17, 15) is 0 Å². The van der Waals surface area contributed by atoms with E-state index in [1.165, 1.54) is 17.5 Å². The monoisotopic (exact) mass is 402 g/mol. The molecule has 0 radical (unpaired) electrons. The van der Waals surface area contributed by atoms with Crippen molar-refractivity contribution in [1.29, 1.82) is 0 Å². The van der Waals surface area contributed by atoms with Gasteiger partial charge >= 0.3 is 131 Å². The van der Waals surface area contributed by atoms with Crippen molar-refractivity contribution in [1.82, 2.24) is 0 Å². The second-order valence-electron chi connectivity index (χ2n) is 5.99. The van der Waals surface area contributed by atoms with Gasteiger partial charge in [-0.3, -0.25) is 0 Å². The SMILES string of the molecule is C1=C[C]2(CC3=Cc4ccccc4[CH]3[Zr+2]2)c2ccccc21.[Cl-].[Cl-]. The summed E-state index contributed by atoms with van der Waals surface area (Å²) >= 11 is -0.560. The summed E-state index contributed by atoms with van der Waals surface area (Å²) in [5.74, 6) is 0. The van der Waals surface area contributed by atoms with Crippen molar-refractivity contribution in [2.75, 3.05) is 0 Å². The van der Waals surface area contributed by atoms with Gasteiger partial charge in [0.25, 0.3) is 0 Å². The fraction of sp³-hybridized carbons (Fsp3) is 0.158. The van der Waals surface area contributed by atoms with E-state index in [4.69, 9.17) is 0 Å². The van der Waals surface area contributed by atoms with Crippen molar-refractivity contribution < 1.29 is 48.0 Å². The minimum atomic E-state index is -0.560. The van der Waals surface area contributed by atoms with Crippen molar-refractivity contribution in [3.63, 3.8) is 0 Å². The first-order chi connectivity index (χ1) is 9.86. The van der Waals surface area contributed by atoms with E-state index in [-0.39, 0.29) is 24.8 Å². The zero-order valence-corrected chi connectivity index (χ0v) is 15.9. The average Bonchev–Trinajstić information content (AvgIpc) is 3.12. The zero-order valence-electron chi connectivity index (χ0n) is 11.9. The number of rotatable bonds is 0. The molecule has 0 nitrogen and oxygen atoms in total. The Bertz CT molecular complexity index is 794. The first kappa shape index (κ1) is 16.2. The van der Waals surface area contributed by atoms with Crippen LogP contribution >= 0.6 is 0 Å². The number of allylic oxidation sites excluding steroid dienone is 2. The molecule has 0 N–H and O–H groups in total. The van der Waals surface area contributed by atoms with Crippen LogP contribution in [0.25, 0.3) is 12.2 Å². The quantitative estimate of drug-likeness (QED) is 0.504. The summed E-state index contributed by atoms with van der Waals surface area (Å²) in [5.41, 5.74) is 7.88. The molecule has 0 aromatic heterocycles. The fourth-order valence-electron chi connectivity index (χ4n) is 3.99. The predicted molar refractivity (Wildman–Crippen MR) is 78.9 cm³/mol. The molecule has 1 saturated heterocycles. The summed E-state index contributed by atoms with van der Waals surface area (Å²) < 4.78 is 1.25. The van der Waals surface area contributed by atoms with Crippen LogP contribution in [0.5, 0.6) is 0 Å². The Morgan fingerprint density at radius 3 is 2.50 bits per heavy atom. The Hall–Kier alpha value is -0.617. The molecular formula is C19H14Cl2Zr. The molecule has 1 heterocycles. The molecule has 22 heavy (non-hydrogen) atoms. The third-order valence-corrected chi connectivity index (χ3v) is 10.1. The van der Waals surface area contributed by atoms with Gasteiger partial charge in [0, 0.05) is 0 Å². The Labute approximate surface area is 155 Å². The van der Waals surface area contributed by atoms with E-state index in [1.54, 1.807) is 16.7 Å². The van der Waals surface area contributed by atoms with Gasteiger partial charge in [0.2, 0.25) is 0 Å². The number of hydrogen-bond donors (Lipinski definition) is 0. The molecule has 3 aliphatic rings. The summed E-state index contributed by atoms with van der Waals surface area (Å²) in [6.07, 6.45) is 8.64. The smallest absolute Gasteiger partial charge is 1.00 e. The van der Waals surface area contributed by atoms with E-state index >= 15 is 0 Å². The molecule has 1 spiro atoms. The largest absolute Gasteiger partial charge is 1.00 e. The van der Waals surface area contributed by atoms with Crippen LogP contribution in [-0.4, -0.2) is 0 Å². The fourth-order valence-corrected chi connectivity index (χ4v) is 9.33. The Morgan fingerprint density at radius 2 is 1.64 bits per heavy atom. The maximum Gasteiger partial charge on any atom is -1.00 e. The third-order valence-electron chi connectivity index (χ3n) is 4.89. The van der Waals surface area contributed by atoms with Crippen LogP contribution in [0.3, 0.4) is 0 Å². The number of fused-ring (bicyclic) bond motifs is 5. The van der Waals surface area contributed by atoms with Crippen molar-refractivity contribution in [3.8, 4) is 0 Å². The van der Waals surface area contributed by atoms with Gasteiger partial charge in [0.15, 0.2) is 0 Å². The maximum atomic E-state index is 2.53. The van der Waals surface area contributed by atoms with Crippen LogP contribution in [0.15, 0.2) is 60.2 Å². The predicted octanol–water partition coefficient (Wildman–Crippen LogP) is -1.46. The van der Waals surface area contributed by atoms with E-state index in [2.05, 4.69) is 66.8 Å². The molecule has 0 saturated carbocycles. The van der Waals surface area contributed by atoms with Crippen LogP contribution < -0.4 is 24.8 Å². The number of benzene rings is 2. The summed E-state index contributed by atoms with van der Waals surface area (Å²) in [7, 11) is 0. The van der Waals surface area contributed by atoms with E-state index < -0.39 is 23.2 Å². The topological polar surface area (TPSA) is 0 Å². The molecule has 1 fully saturated rings. The van der Waals surface area contributed by atoms with E-state index in [0.717, 1.165) is 3.63 Å². The molecule has 2 aromatic rings. The van der Waals surface area contributed by atoms with Gasteiger partial charge in [0.1, 0.15) is 0 Å². The van der Waals surface area contributed by atoms with Gasteiger partial charge in [-0.15, -0.1) is 0 Å². The Kier molecular flexibility index (Phi) is 4.27. The number of halogens is 2. The molecule has 108 valence electrons. The average molecular weight is 404 g/mol. The second-order valence-corrected chi connectivity index (χ2v) is 10.3. The van der Waals surface area contributed by atoms with Gasteiger partial charge in [-0.25, -0.2) is 0 Å². The molecule has 2 aliphatic carbocycles. The maximum absolute atomic E-state index is 2.53. The molecule has 2 aromatic carbocycles. The first-order valence-corrected chi connectivity index (χ1v) is 9.86. The molecule has 0 bridgehead atoms. The summed E-state index contributed by atoms with van der Waals surface area (Å²) in [4.78, 5) is 0. The summed E-state index contributed by atoms with van der Waals surface area (Å²) in [6, 6.07) is 18.0. The third kappa shape index (κ3) is 2.14. The van der Waals surface area contributed by atoms with Crippen molar-refractivity contribution in [3.05, 3.63) is 82.4 Å². The van der Waals surface area contributed by atoms with E-state index in [1.807, 2.05) is 0 Å². The van der Waals surface area contributed by atoms with Crippen molar-refractivity contribution in [2.24, 2.45) is 0 Å². The Morgan fingerprint density at radius 1 is 0.909 bits per heavy atom. The summed E-state index contributed by atoms with van der Waals surface area (Å²) in [6.45, 7) is 0. The normalized spacial score (nSPS) is 25.1. The van der Waals surface area contributed by atoms with Crippen molar-refractivity contribution >= 4 is 12.2 Å². The van der Waals surface area contributed by atoms with Crippen LogP contribution in [0, 0.1) is 0 Å². The standard InChI is InChI=1S/C19H14.2ClH.Zr/c1-2-7-17-12-14(11-16(17)6-1)13-18-10-9-15-5-3-4-8-19(15)18;;;/h1-12H,13H2;2*1H;/q;;;+2/p-2. The summed E-state index contributed by atoms with van der Waals surface area (Å²) in [5, 5.41) is 0. The van der Waals surface area contributed by atoms with Gasteiger partial charge in [-0.2, -0.15) is 0 Å². The molecular weight excluding hydrogens is 390 g/mol. The van der Waals surface area contributed by atoms with Gasteiger partial charge < -0.3 is 24.8 Å².